The van der Waals surface area contributed by atoms with Crippen molar-refractivity contribution in [1.82, 2.24) is 14.8 Å². The third-order valence-corrected chi connectivity index (χ3v) is 4.63. The number of amides is 1. The summed E-state index contributed by atoms with van der Waals surface area (Å²) in [6.07, 6.45) is 1.65. The van der Waals surface area contributed by atoms with Crippen molar-refractivity contribution in [2.24, 2.45) is 0 Å². The molecule has 3 rings (SSSR count). The number of anilines is 1. The number of aromatic nitrogens is 3. The van der Waals surface area contributed by atoms with E-state index in [2.05, 4.69) is 22.1 Å². The predicted octanol–water partition coefficient (Wildman–Crippen LogP) is 4.28. The van der Waals surface area contributed by atoms with E-state index in [1.54, 1.807) is 22.8 Å². The number of hydrogen-bond acceptors (Lipinski definition) is 4. The molecule has 1 amide bonds. The highest BCUT2D eigenvalue weighted by molar-refractivity contribution is 7.99. The molecule has 0 fully saturated rings. The molecule has 0 unspecified atom stereocenters. The molecular formula is C19H15F3N4OS. The smallest absolute Gasteiger partial charge is 0.234 e. The summed E-state index contributed by atoms with van der Waals surface area (Å²) in [5.74, 6) is -2.30. The molecule has 28 heavy (non-hydrogen) atoms. The second-order valence-corrected chi connectivity index (χ2v) is 6.62. The summed E-state index contributed by atoms with van der Waals surface area (Å²) < 4.78 is 41.1. The Morgan fingerprint density at radius 1 is 1.11 bits per heavy atom. The van der Waals surface area contributed by atoms with E-state index in [1.807, 2.05) is 0 Å². The van der Waals surface area contributed by atoms with Crippen LogP contribution < -0.4 is 5.32 Å². The molecule has 5 nitrogen and oxygen atoms in total. The van der Waals surface area contributed by atoms with Crippen molar-refractivity contribution in [3.63, 3.8) is 0 Å². The van der Waals surface area contributed by atoms with Crippen molar-refractivity contribution >= 4 is 23.4 Å². The number of carbonyl (C=O) groups excluding carboxylic acids is 1. The fraction of sp³-hybridized carbons (Fsp3) is 0.105. The van der Waals surface area contributed by atoms with Gasteiger partial charge in [-0.3, -0.25) is 9.36 Å². The molecule has 0 aliphatic heterocycles. The van der Waals surface area contributed by atoms with E-state index in [4.69, 9.17) is 0 Å². The third-order valence-electron chi connectivity index (χ3n) is 3.67. The van der Waals surface area contributed by atoms with Gasteiger partial charge >= 0.3 is 0 Å². The van der Waals surface area contributed by atoms with E-state index in [0.29, 0.717) is 23.1 Å². The first kappa shape index (κ1) is 19.7. The van der Waals surface area contributed by atoms with Crippen LogP contribution in [0.1, 0.15) is 0 Å². The maximum atomic E-state index is 13.2. The molecule has 0 saturated carbocycles. The number of rotatable bonds is 7. The van der Waals surface area contributed by atoms with Gasteiger partial charge in [0.2, 0.25) is 5.91 Å². The maximum absolute atomic E-state index is 13.2. The Morgan fingerprint density at radius 2 is 1.86 bits per heavy atom. The van der Waals surface area contributed by atoms with Crippen LogP contribution in [0.4, 0.5) is 18.9 Å². The Bertz CT molecular complexity index is 1000. The van der Waals surface area contributed by atoms with Crippen molar-refractivity contribution in [2.75, 3.05) is 11.1 Å². The van der Waals surface area contributed by atoms with Crippen LogP contribution in [0.25, 0.3) is 11.4 Å². The molecule has 1 heterocycles. The molecule has 0 atom stereocenters. The van der Waals surface area contributed by atoms with Gasteiger partial charge in [0.1, 0.15) is 5.82 Å². The van der Waals surface area contributed by atoms with Crippen molar-refractivity contribution in [2.45, 2.75) is 11.7 Å². The van der Waals surface area contributed by atoms with Crippen LogP contribution in [-0.4, -0.2) is 26.4 Å². The van der Waals surface area contributed by atoms with Gasteiger partial charge in [0.25, 0.3) is 0 Å². The lowest BCUT2D eigenvalue weighted by Gasteiger charge is -2.08. The second kappa shape index (κ2) is 8.75. The van der Waals surface area contributed by atoms with Crippen molar-refractivity contribution in [3.8, 4) is 11.4 Å². The standard InChI is InChI=1S/C19H15F3N4OS/c1-2-9-26-18(12-3-5-13(20)6-4-12)24-25-19(26)28-11-17(27)23-14-7-8-15(21)16(22)10-14/h2-8,10H,1,9,11H2,(H,23,27). The van der Waals surface area contributed by atoms with Gasteiger partial charge in [-0.25, -0.2) is 13.2 Å². The molecule has 0 aliphatic rings. The Balaban J connectivity index is 1.71. The highest BCUT2D eigenvalue weighted by Gasteiger charge is 2.15. The first-order valence-electron chi connectivity index (χ1n) is 8.15. The first-order chi connectivity index (χ1) is 13.5. The van der Waals surface area contributed by atoms with Gasteiger partial charge in [-0.05, 0) is 36.4 Å². The van der Waals surface area contributed by atoms with Gasteiger partial charge < -0.3 is 5.32 Å². The van der Waals surface area contributed by atoms with Gasteiger partial charge in [-0.15, -0.1) is 16.8 Å². The molecular weight excluding hydrogens is 389 g/mol. The van der Waals surface area contributed by atoms with Gasteiger partial charge in [-0.1, -0.05) is 17.8 Å². The van der Waals surface area contributed by atoms with E-state index in [-0.39, 0.29) is 17.3 Å². The SMILES string of the molecule is C=CCn1c(SCC(=O)Nc2ccc(F)c(F)c2)nnc1-c1ccc(F)cc1. The largest absolute Gasteiger partial charge is 0.325 e. The van der Waals surface area contributed by atoms with Gasteiger partial charge in [0.05, 0.1) is 5.75 Å². The lowest BCUT2D eigenvalue weighted by Crippen LogP contribution is -2.15. The third kappa shape index (κ3) is 4.61. The zero-order chi connectivity index (χ0) is 20.1. The monoisotopic (exact) mass is 404 g/mol. The Hall–Kier alpha value is -3.07. The van der Waals surface area contributed by atoms with Crippen LogP contribution in [0.2, 0.25) is 0 Å². The van der Waals surface area contributed by atoms with Crippen LogP contribution in [0, 0.1) is 17.5 Å². The number of nitrogens with one attached hydrogen (secondary N) is 1. The number of carbonyl (C=O) groups is 1. The second-order valence-electron chi connectivity index (χ2n) is 5.68. The number of allylic oxidation sites excluding steroid dienone is 1. The summed E-state index contributed by atoms with van der Waals surface area (Å²) >= 11 is 1.13. The lowest BCUT2D eigenvalue weighted by atomic mass is 10.2. The first-order valence-corrected chi connectivity index (χ1v) is 9.14. The molecule has 2 aromatic carbocycles. The minimum atomic E-state index is -1.04. The van der Waals surface area contributed by atoms with Gasteiger partial charge in [0, 0.05) is 23.9 Å². The molecule has 9 heteroatoms. The topological polar surface area (TPSA) is 59.8 Å². The van der Waals surface area contributed by atoms with E-state index in [0.717, 1.165) is 23.9 Å². The predicted molar refractivity (Wildman–Crippen MR) is 101 cm³/mol. The summed E-state index contributed by atoms with van der Waals surface area (Å²) in [4.78, 5) is 12.1. The number of benzene rings is 2. The van der Waals surface area contributed by atoms with Crippen molar-refractivity contribution < 1.29 is 18.0 Å². The minimum absolute atomic E-state index is 0.0162. The summed E-state index contributed by atoms with van der Waals surface area (Å²) in [6, 6.07) is 8.94. The fourth-order valence-corrected chi connectivity index (χ4v) is 3.15. The van der Waals surface area contributed by atoms with Gasteiger partial charge in [-0.2, -0.15) is 0 Å². The summed E-state index contributed by atoms with van der Waals surface area (Å²) in [7, 11) is 0. The van der Waals surface area contributed by atoms with E-state index >= 15 is 0 Å². The summed E-state index contributed by atoms with van der Waals surface area (Å²) in [6.45, 7) is 4.10. The normalized spacial score (nSPS) is 10.7. The fourth-order valence-electron chi connectivity index (χ4n) is 2.40. The lowest BCUT2D eigenvalue weighted by molar-refractivity contribution is -0.113. The Kier molecular flexibility index (Phi) is 6.15. The Morgan fingerprint density at radius 3 is 2.54 bits per heavy atom. The molecule has 144 valence electrons. The number of hydrogen-bond donors (Lipinski definition) is 1. The molecule has 3 aromatic rings. The van der Waals surface area contributed by atoms with Crippen LogP contribution in [0.5, 0.6) is 0 Å². The van der Waals surface area contributed by atoms with E-state index in [9.17, 15) is 18.0 Å². The number of halogens is 3. The van der Waals surface area contributed by atoms with E-state index in [1.165, 1.54) is 18.2 Å². The van der Waals surface area contributed by atoms with Crippen LogP contribution >= 0.6 is 11.8 Å². The average molecular weight is 404 g/mol. The quantitative estimate of drug-likeness (QED) is 0.472. The van der Waals surface area contributed by atoms with Crippen LogP contribution in [0.15, 0.2) is 60.3 Å². The zero-order valence-electron chi connectivity index (χ0n) is 14.5. The molecule has 1 N–H and O–H groups in total. The minimum Gasteiger partial charge on any atom is -0.325 e. The zero-order valence-corrected chi connectivity index (χ0v) is 15.3. The molecule has 0 saturated heterocycles. The molecule has 1 aromatic heterocycles. The summed E-state index contributed by atoms with van der Waals surface area (Å²) in [5.41, 5.74) is 0.831. The van der Waals surface area contributed by atoms with Gasteiger partial charge in [0.15, 0.2) is 22.6 Å². The van der Waals surface area contributed by atoms with Crippen molar-refractivity contribution in [1.29, 1.82) is 0 Å². The maximum Gasteiger partial charge on any atom is 0.234 e. The van der Waals surface area contributed by atoms with Crippen molar-refractivity contribution in [3.05, 3.63) is 72.6 Å². The Labute approximate surface area is 163 Å². The van der Waals surface area contributed by atoms with E-state index < -0.39 is 17.5 Å². The van der Waals surface area contributed by atoms with Crippen LogP contribution in [0.3, 0.4) is 0 Å². The number of nitrogens with zero attached hydrogens (tertiary/aromatic N) is 3. The highest BCUT2D eigenvalue weighted by Crippen LogP contribution is 2.24. The van der Waals surface area contributed by atoms with Crippen LogP contribution in [-0.2, 0) is 11.3 Å². The molecule has 0 spiro atoms. The highest BCUT2D eigenvalue weighted by atomic mass is 32.2. The number of thioether (sulfide) groups is 1. The average Bonchev–Trinajstić information content (AvgIpc) is 3.07. The summed E-state index contributed by atoms with van der Waals surface area (Å²) in [5, 5.41) is 11.2. The molecule has 0 radical (unpaired) electrons. The molecule has 0 aliphatic carbocycles. The molecule has 0 bridgehead atoms.